The zero-order chi connectivity index (χ0) is 11.4. The zero-order valence-electron chi connectivity index (χ0n) is 8.33. The summed E-state index contributed by atoms with van der Waals surface area (Å²) in [6.45, 7) is 1.75. The minimum Gasteiger partial charge on any atom is -0.398 e. The highest BCUT2D eigenvalue weighted by atomic mass is 35.5. The molecule has 0 saturated carbocycles. The number of anilines is 1. The highest BCUT2D eigenvalue weighted by molar-refractivity contribution is 6.34. The second-order valence-corrected chi connectivity index (χ2v) is 3.67. The Balaban J connectivity index is 2.82. The van der Waals surface area contributed by atoms with Crippen LogP contribution < -0.4 is 11.1 Å². The van der Waals surface area contributed by atoms with E-state index in [-0.39, 0.29) is 18.0 Å². The van der Waals surface area contributed by atoms with E-state index in [4.69, 9.17) is 22.4 Å². The molecule has 1 aromatic rings. The van der Waals surface area contributed by atoms with E-state index >= 15 is 0 Å². The number of nitrogen functional groups attached to an aromatic ring is 1. The number of nitrogens with one attached hydrogen (secondary N) is 1. The first kappa shape index (κ1) is 11.8. The molecule has 1 amide bonds. The lowest BCUT2D eigenvalue weighted by Gasteiger charge is -2.10. The van der Waals surface area contributed by atoms with Crippen LogP contribution in [0.25, 0.3) is 0 Å². The molecule has 1 aromatic carbocycles. The van der Waals surface area contributed by atoms with Crippen LogP contribution in [-0.4, -0.2) is 23.7 Å². The van der Waals surface area contributed by atoms with Crippen LogP contribution in [-0.2, 0) is 0 Å². The maximum Gasteiger partial charge on any atom is 0.254 e. The van der Waals surface area contributed by atoms with Gasteiger partial charge in [0.15, 0.2) is 0 Å². The average Bonchev–Trinajstić information content (AvgIpc) is 2.14. The lowest BCUT2D eigenvalue weighted by atomic mass is 10.1. The van der Waals surface area contributed by atoms with Crippen molar-refractivity contribution in [2.75, 3.05) is 12.3 Å². The van der Waals surface area contributed by atoms with Crippen molar-refractivity contribution < 1.29 is 9.90 Å². The van der Waals surface area contributed by atoms with Crippen molar-refractivity contribution >= 4 is 23.2 Å². The average molecular weight is 229 g/mol. The second-order valence-electron chi connectivity index (χ2n) is 3.26. The predicted molar refractivity (Wildman–Crippen MR) is 59.9 cm³/mol. The molecule has 82 valence electrons. The lowest BCUT2D eigenvalue weighted by molar-refractivity contribution is 0.0925. The molecule has 0 bridgehead atoms. The number of aliphatic hydroxyl groups excluding tert-OH is 1. The van der Waals surface area contributed by atoms with Crippen molar-refractivity contribution in [2.45, 2.75) is 13.0 Å². The molecule has 0 aliphatic rings. The fourth-order valence-electron chi connectivity index (χ4n) is 1.11. The standard InChI is InChI=1S/C10H13ClN2O2/c1-6(14)5-13-10(15)9-7(11)3-2-4-8(9)12/h2-4,6,14H,5,12H2,1H3,(H,13,15). The summed E-state index contributed by atoms with van der Waals surface area (Å²) in [5, 5.41) is 11.8. The quantitative estimate of drug-likeness (QED) is 0.677. The topological polar surface area (TPSA) is 75.3 Å². The number of benzene rings is 1. The van der Waals surface area contributed by atoms with Crippen molar-refractivity contribution in [1.29, 1.82) is 0 Å². The highest BCUT2D eigenvalue weighted by Gasteiger charge is 2.13. The first-order chi connectivity index (χ1) is 7.02. The molecule has 1 unspecified atom stereocenters. The third kappa shape index (κ3) is 3.11. The number of carbonyl (C=O) groups excluding carboxylic acids is 1. The van der Waals surface area contributed by atoms with Crippen molar-refractivity contribution in [3.8, 4) is 0 Å². The highest BCUT2D eigenvalue weighted by Crippen LogP contribution is 2.21. The molecule has 1 rings (SSSR count). The van der Waals surface area contributed by atoms with Gasteiger partial charge in [-0.1, -0.05) is 17.7 Å². The van der Waals surface area contributed by atoms with Gasteiger partial charge >= 0.3 is 0 Å². The summed E-state index contributed by atoms with van der Waals surface area (Å²) < 4.78 is 0. The Hall–Kier alpha value is -1.26. The molecule has 0 aliphatic carbocycles. The fourth-order valence-corrected chi connectivity index (χ4v) is 1.38. The van der Waals surface area contributed by atoms with Gasteiger partial charge in [-0.2, -0.15) is 0 Å². The Kier molecular flexibility index (Phi) is 3.94. The molecule has 0 aliphatic heterocycles. The lowest BCUT2D eigenvalue weighted by Crippen LogP contribution is -2.31. The fraction of sp³-hybridized carbons (Fsp3) is 0.300. The van der Waals surface area contributed by atoms with E-state index in [0.29, 0.717) is 10.7 Å². The van der Waals surface area contributed by atoms with Crippen LogP contribution in [0.4, 0.5) is 5.69 Å². The number of hydrogen-bond acceptors (Lipinski definition) is 3. The van der Waals surface area contributed by atoms with Gasteiger partial charge in [-0.3, -0.25) is 4.79 Å². The zero-order valence-corrected chi connectivity index (χ0v) is 9.08. The number of rotatable bonds is 3. The molecule has 0 radical (unpaired) electrons. The van der Waals surface area contributed by atoms with Gasteiger partial charge in [0.1, 0.15) is 0 Å². The first-order valence-electron chi connectivity index (χ1n) is 4.52. The predicted octanol–water partition coefficient (Wildman–Crippen LogP) is 1.03. The van der Waals surface area contributed by atoms with Gasteiger partial charge in [-0.15, -0.1) is 0 Å². The van der Waals surface area contributed by atoms with E-state index < -0.39 is 6.10 Å². The third-order valence-electron chi connectivity index (χ3n) is 1.83. The van der Waals surface area contributed by atoms with E-state index in [1.54, 1.807) is 25.1 Å². The van der Waals surface area contributed by atoms with E-state index in [1.165, 1.54) is 0 Å². The molecule has 5 heteroatoms. The molecule has 0 fully saturated rings. The SMILES string of the molecule is CC(O)CNC(=O)c1c(N)cccc1Cl. The van der Waals surface area contributed by atoms with E-state index in [0.717, 1.165) is 0 Å². The Labute approximate surface area is 93.0 Å². The summed E-state index contributed by atoms with van der Waals surface area (Å²) >= 11 is 5.84. The molecular formula is C10H13ClN2O2. The number of aliphatic hydroxyl groups is 1. The van der Waals surface area contributed by atoms with Gasteiger partial charge in [0.2, 0.25) is 0 Å². The van der Waals surface area contributed by atoms with E-state index in [9.17, 15) is 4.79 Å². The second kappa shape index (κ2) is 5.00. The number of amides is 1. The Bertz CT molecular complexity index is 346. The van der Waals surface area contributed by atoms with Crippen LogP contribution in [0.15, 0.2) is 18.2 Å². The normalized spacial score (nSPS) is 12.2. The summed E-state index contributed by atoms with van der Waals surface area (Å²) in [6.07, 6.45) is -0.599. The largest absolute Gasteiger partial charge is 0.398 e. The van der Waals surface area contributed by atoms with Crippen LogP contribution in [0.5, 0.6) is 0 Å². The Morgan fingerprint density at radius 1 is 1.67 bits per heavy atom. The molecule has 0 spiro atoms. The Morgan fingerprint density at radius 3 is 2.87 bits per heavy atom. The summed E-state index contributed by atoms with van der Waals surface area (Å²) in [7, 11) is 0. The molecule has 4 nitrogen and oxygen atoms in total. The molecule has 1 atom stereocenters. The molecule has 15 heavy (non-hydrogen) atoms. The first-order valence-corrected chi connectivity index (χ1v) is 4.90. The third-order valence-corrected chi connectivity index (χ3v) is 2.15. The van der Waals surface area contributed by atoms with Crippen molar-refractivity contribution in [1.82, 2.24) is 5.32 Å². The number of carbonyl (C=O) groups is 1. The Morgan fingerprint density at radius 2 is 2.33 bits per heavy atom. The maximum absolute atomic E-state index is 11.6. The molecular weight excluding hydrogens is 216 g/mol. The van der Waals surface area contributed by atoms with Crippen LogP contribution in [0.3, 0.4) is 0 Å². The van der Waals surface area contributed by atoms with Crippen LogP contribution in [0, 0.1) is 0 Å². The van der Waals surface area contributed by atoms with Gasteiger partial charge in [-0.25, -0.2) is 0 Å². The summed E-state index contributed by atoms with van der Waals surface area (Å²) in [4.78, 5) is 11.6. The molecule has 4 N–H and O–H groups in total. The van der Waals surface area contributed by atoms with Crippen molar-refractivity contribution in [3.05, 3.63) is 28.8 Å². The summed E-state index contributed by atoms with van der Waals surface area (Å²) in [5.41, 5.74) is 6.20. The van der Waals surface area contributed by atoms with E-state index in [1.807, 2.05) is 0 Å². The minimum absolute atomic E-state index is 0.170. The van der Waals surface area contributed by atoms with Gasteiger partial charge in [0.05, 0.1) is 16.7 Å². The summed E-state index contributed by atoms with van der Waals surface area (Å²) in [6, 6.07) is 4.86. The smallest absolute Gasteiger partial charge is 0.254 e. The molecule has 0 saturated heterocycles. The monoisotopic (exact) mass is 228 g/mol. The van der Waals surface area contributed by atoms with Crippen LogP contribution in [0.2, 0.25) is 5.02 Å². The number of hydrogen-bond donors (Lipinski definition) is 3. The molecule has 0 heterocycles. The van der Waals surface area contributed by atoms with Crippen LogP contribution >= 0.6 is 11.6 Å². The minimum atomic E-state index is -0.599. The maximum atomic E-state index is 11.6. The van der Waals surface area contributed by atoms with Gasteiger partial charge in [0.25, 0.3) is 5.91 Å². The van der Waals surface area contributed by atoms with Gasteiger partial charge < -0.3 is 16.2 Å². The van der Waals surface area contributed by atoms with Crippen molar-refractivity contribution in [2.24, 2.45) is 0 Å². The van der Waals surface area contributed by atoms with Gasteiger partial charge in [0, 0.05) is 12.2 Å². The van der Waals surface area contributed by atoms with Crippen LogP contribution in [0.1, 0.15) is 17.3 Å². The van der Waals surface area contributed by atoms with Crippen molar-refractivity contribution in [3.63, 3.8) is 0 Å². The number of halogens is 1. The number of nitrogens with two attached hydrogens (primary N) is 1. The van der Waals surface area contributed by atoms with Gasteiger partial charge in [-0.05, 0) is 19.1 Å². The molecule has 0 aromatic heterocycles. The van der Waals surface area contributed by atoms with E-state index in [2.05, 4.69) is 5.32 Å². The summed E-state index contributed by atoms with van der Waals surface area (Å²) in [5.74, 6) is -0.376.